The first-order valence-corrected chi connectivity index (χ1v) is 6.94. The molecule has 2 heteroatoms. The van der Waals surface area contributed by atoms with Gasteiger partial charge in [-0.25, -0.2) is 0 Å². The van der Waals surface area contributed by atoms with Crippen molar-refractivity contribution in [2.75, 3.05) is 7.11 Å². The minimum Gasteiger partial charge on any atom is -0.496 e. The van der Waals surface area contributed by atoms with Crippen LogP contribution < -0.4 is 4.74 Å². The fourth-order valence-corrected chi connectivity index (χ4v) is 2.70. The van der Waals surface area contributed by atoms with Gasteiger partial charge in [0.1, 0.15) is 5.75 Å². The molecule has 0 atom stereocenters. The number of benzene rings is 2. The van der Waals surface area contributed by atoms with E-state index in [9.17, 15) is 0 Å². The highest BCUT2D eigenvalue weighted by Gasteiger charge is 2.12. The van der Waals surface area contributed by atoms with Crippen LogP contribution in [0.4, 0.5) is 0 Å². The second kappa shape index (κ2) is 4.93. The van der Waals surface area contributed by atoms with Crippen LogP contribution in [0.2, 0.25) is 0 Å². The summed E-state index contributed by atoms with van der Waals surface area (Å²) in [5, 5.41) is 2.47. The number of ether oxygens (including phenoxy) is 1. The molecule has 0 N–H and O–H groups in total. The third-order valence-electron chi connectivity index (χ3n) is 2.91. The smallest absolute Gasteiger partial charge is 0.133 e. The maximum absolute atomic E-state index is 5.35. The first-order valence-electron chi connectivity index (χ1n) is 6.15. The Morgan fingerprint density at radius 1 is 1.06 bits per heavy atom. The summed E-state index contributed by atoms with van der Waals surface area (Å²) < 4.78 is 6.35. The van der Waals surface area contributed by atoms with Crippen LogP contribution in [-0.4, -0.2) is 7.11 Å². The Labute approximate surface area is 117 Å². The number of rotatable bonds is 2. The molecular weight excluding hydrogens is 288 g/mol. The Bertz CT molecular complexity index is 567. The Morgan fingerprint density at radius 2 is 1.78 bits per heavy atom. The van der Waals surface area contributed by atoms with E-state index in [1.165, 1.54) is 16.3 Å². The Kier molecular flexibility index (Phi) is 3.67. The lowest BCUT2D eigenvalue weighted by Crippen LogP contribution is -2.08. The number of hydrogen-bond donors (Lipinski definition) is 0. The van der Waals surface area contributed by atoms with Gasteiger partial charge in [0.15, 0.2) is 0 Å². The molecule has 0 aliphatic heterocycles. The van der Waals surface area contributed by atoms with Crippen molar-refractivity contribution in [1.82, 2.24) is 0 Å². The lowest BCUT2D eigenvalue weighted by Gasteiger charge is -2.18. The summed E-state index contributed by atoms with van der Waals surface area (Å²) in [7, 11) is 1.70. The van der Waals surface area contributed by atoms with Gasteiger partial charge in [0.05, 0.1) is 11.6 Å². The Morgan fingerprint density at radius 3 is 2.39 bits per heavy atom. The van der Waals surface area contributed by atoms with Crippen molar-refractivity contribution in [3.8, 4) is 5.75 Å². The van der Waals surface area contributed by atoms with Crippen molar-refractivity contribution in [2.24, 2.45) is 5.41 Å². The molecule has 1 nitrogen and oxygen atoms in total. The molecule has 0 radical (unpaired) electrons. The molecule has 0 bridgehead atoms. The average molecular weight is 307 g/mol. The lowest BCUT2D eigenvalue weighted by atomic mass is 9.87. The van der Waals surface area contributed by atoms with Crippen LogP contribution in [0.5, 0.6) is 5.75 Å². The van der Waals surface area contributed by atoms with Gasteiger partial charge in [-0.15, -0.1) is 0 Å². The van der Waals surface area contributed by atoms with Gasteiger partial charge in [-0.1, -0.05) is 39.0 Å². The first-order chi connectivity index (χ1) is 8.39. The number of fused-ring (bicyclic) bond motifs is 1. The largest absolute Gasteiger partial charge is 0.496 e. The van der Waals surface area contributed by atoms with E-state index in [2.05, 4.69) is 67.0 Å². The summed E-state index contributed by atoms with van der Waals surface area (Å²) in [6.45, 7) is 6.79. The topological polar surface area (TPSA) is 9.23 Å². The molecule has 0 spiro atoms. The van der Waals surface area contributed by atoms with Gasteiger partial charge >= 0.3 is 0 Å². The molecule has 96 valence electrons. The van der Waals surface area contributed by atoms with E-state index in [4.69, 9.17) is 4.74 Å². The molecular formula is C16H19BrO. The molecule has 18 heavy (non-hydrogen) atoms. The molecule has 0 fully saturated rings. The zero-order chi connectivity index (χ0) is 13.3. The molecule has 0 aliphatic carbocycles. The van der Waals surface area contributed by atoms with Crippen LogP contribution in [0.1, 0.15) is 26.3 Å². The van der Waals surface area contributed by atoms with E-state index in [1.54, 1.807) is 7.11 Å². The maximum Gasteiger partial charge on any atom is 0.133 e. The van der Waals surface area contributed by atoms with Gasteiger partial charge in [-0.2, -0.15) is 0 Å². The van der Waals surface area contributed by atoms with E-state index >= 15 is 0 Å². The molecule has 0 aliphatic rings. The highest BCUT2D eigenvalue weighted by Crippen LogP contribution is 2.31. The van der Waals surface area contributed by atoms with Gasteiger partial charge in [-0.3, -0.25) is 0 Å². The van der Waals surface area contributed by atoms with Crippen LogP contribution in [0.3, 0.4) is 0 Å². The Hall–Kier alpha value is -1.02. The summed E-state index contributed by atoms with van der Waals surface area (Å²) in [5.74, 6) is 0.885. The second-order valence-corrected chi connectivity index (χ2v) is 6.76. The third kappa shape index (κ3) is 3.05. The fraction of sp³-hybridized carbons (Fsp3) is 0.375. The molecule has 0 unspecified atom stereocenters. The first kappa shape index (κ1) is 13.4. The van der Waals surface area contributed by atoms with Crippen LogP contribution >= 0.6 is 15.9 Å². The molecule has 0 saturated carbocycles. The third-order valence-corrected chi connectivity index (χ3v) is 3.53. The van der Waals surface area contributed by atoms with Crippen LogP contribution in [0.25, 0.3) is 10.8 Å². The summed E-state index contributed by atoms with van der Waals surface area (Å²) in [5.41, 5.74) is 1.69. The monoisotopic (exact) mass is 306 g/mol. The van der Waals surface area contributed by atoms with Crippen molar-refractivity contribution >= 4 is 26.7 Å². The summed E-state index contributed by atoms with van der Waals surface area (Å²) >= 11 is 3.52. The number of hydrogen-bond acceptors (Lipinski definition) is 1. The molecule has 0 saturated heterocycles. The van der Waals surface area contributed by atoms with Gasteiger partial charge in [0, 0.05) is 0 Å². The van der Waals surface area contributed by atoms with Gasteiger partial charge in [0.25, 0.3) is 0 Å². The van der Waals surface area contributed by atoms with E-state index in [1.807, 2.05) is 0 Å². The summed E-state index contributed by atoms with van der Waals surface area (Å²) in [6, 6.07) is 10.9. The predicted octanol–water partition coefficient (Wildman–Crippen LogP) is 5.20. The summed E-state index contributed by atoms with van der Waals surface area (Å²) in [4.78, 5) is 0. The van der Waals surface area contributed by atoms with Gasteiger partial charge in [-0.05, 0) is 56.2 Å². The van der Waals surface area contributed by atoms with Crippen molar-refractivity contribution in [3.63, 3.8) is 0 Å². The van der Waals surface area contributed by atoms with Crippen molar-refractivity contribution < 1.29 is 4.74 Å². The molecule has 2 aromatic rings. The zero-order valence-electron chi connectivity index (χ0n) is 11.4. The van der Waals surface area contributed by atoms with Crippen molar-refractivity contribution in [1.29, 1.82) is 0 Å². The predicted molar refractivity (Wildman–Crippen MR) is 81.4 cm³/mol. The van der Waals surface area contributed by atoms with Crippen LogP contribution in [-0.2, 0) is 6.42 Å². The highest BCUT2D eigenvalue weighted by molar-refractivity contribution is 9.10. The molecule has 2 rings (SSSR count). The standard InChI is InChI=1S/C16H19BrO/c1-16(2,3)10-11-5-6-12-8-14(17)15(18-4)9-13(12)7-11/h5-9H,10H2,1-4H3. The van der Waals surface area contributed by atoms with Gasteiger partial charge in [0.2, 0.25) is 0 Å². The summed E-state index contributed by atoms with van der Waals surface area (Å²) in [6.07, 6.45) is 1.08. The highest BCUT2D eigenvalue weighted by atomic mass is 79.9. The SMILES string of the molecule is COc1cc2cc(CC(C)(C)C)ccc2cc1Br. The van der Waals surface area contributed by atoms with Crippen molar-refractivity contribution in [3.05, 3.63) is 40.4 Å². The van der Waals surface area contributed by atoms with E-state index in [-0.39, 0.29) is 0 Å². The van der Waals surface area contributed by atoms with E-state index in [0.717, 1.165) is 16.6 Å². The van der Waals surface area contributed by atoms with E-state index in [0.29, 0.717) is 5.41 Å². The molecule has 2 aromatic carbocycles. The van der Waals surface area contributed by atoms with Crippen LogP contribution in [0.15, 0.2) is 34.8 Å². The number of halogens is 1. The van der Waals surface area contributed by atoms with Gasteiger partial charge < -0.3 is 4.74 Å². The molecule has 0 amide bonds. The normalized spacial score (nSPS) is 11.8. The quantitative estimate of drug-likeness (QED) is 0.741. The maximum atomic E-state index is 5.35. The zero-order valence-corrected chi connectivity index (χ0v) is 13.0. The molecule has 0 aromatic heterocycles. The van der Waals surface area contributed by atoms with E-state index < -0.39 is 0 Å². The van der Waals surface area contributed by atoms with Crippen molar-refractivity contribution in [2.45, 2.75) is 27.2 Å². The second-order valence-electron chi connectivity index (χ2n) is 5.91. The average Bonchev–Trinajstić information content (AvgIpc) is 2.26. The number of methoxy groups -OCH3 is 1. The Balaban J connectivity index is 2.47. The lowest BCUT2D eigenvalue weighted by molar-refractivity contribution is 0.411. The fourth-order valence-electron chi connectivity index (χ4n) is 2.18. The minimum absolute atomic E-state index is 0.313. The van der Waals surface area contributed by atoms with Crippen LogP contribution in [0, 0.1) is 5.41 Å². The minimum atomic E-state index is 0.313. The molecule has 0 heterocycles.